The molecule has 4 nitrogen and oxygen atoms in total. The Labute approximate surface area is 180 Å². The average molecular weight is 426 g/mol. The Balaban J connectivity index is 1.41. The van der Waals surface area contributed by atoms with Crippen molar-refractivity contribution in [1.29, 1.82) is 0 Å². The van der Waals surface area contributed by atoms with Crippen LogP contribution in [0.25, 0.3) is 0 Å². The van der Waals surface area contributed by atoms with Crippen LogP contribution in [0.5, 0.6) is 0 Å². The summed E-state index contributed by atoms with van der Waals surface area (Å²) in [5.74, 6) is 0.0501. The van der Waals surface area contributed by atoms with Crippen molar-refractivity contribution in [1.82, 2.24) is 15.3 Å². The van der Waals surface area contributed by atoms with Gasteiger partial charge in [-0.15, -0.1) is 0 Å². The van der Waals surface area contributed by atoms with E-state index in [-0.39, 0.29) is 11.9 Å². The average Bonchev–Trinajstić information content (AvgIpc) is 3.24. The van der Waals surface area contributed by atoms with E-state index in [2.05, 4.69) is 46.7 Å². The Morgan fingerprint density at radius 1 is 0.966 bits per heavy atom. The van der Waals surface area contributed by atoms with Gasteiger partial charge in [-0.1, -0.05) is 54.1 Å². The highest BCUT2D eigenvalue weighted by Crippen LogP contribution is 2.30. The Kier molecular flexibility index (Phi) is 6.62. The van der Waals surface area contributed by atoms with Crippen LogP contribution in [0, 0.1) is 0 Å². The van der Waals surface area contributed by atoms with Crippen LogP contribution >= 0.6 is 22.9 Å². The molecule has 3 aromatic rings. The fraction of sp³-hybridized carbons (Fsp3) is 0.261. The van der Waals surface area contributed by atoms with Crippen molar-refractivity contribution in [2.45, 2.75) is 12.5 Å². The maximum Gasteiger partial charge on any atom is 0.238 e. The van der Waals surface area contributed by atoms with Crippen LogP contribution in [-0.2, 0) is 11.2 Å². The summed E-state index contributed by atoms with van der Waals surface area (Å²) >= 11 is 7.73. The fourth-order valence-electron chi connectivity index (χ4n) is 3.78. The Hall–Kier alpha value is -2.18. The molecule has 1 atom stereocenters. The Morgan fingerprint density at radius 3 is 2.31 bits per heavy atom. The van der Waals surface area contributed by atoms with Gasteiger partial charge in [0.15, 0.2) is 0 Å². The Bertz CT molecular complexity index is 907. The molecule has 4 rings (SSSR count). The van der Waals surface area contributed by atoms with Gasteiger partial charge in [0.25, 0.3) is 0 Å². The summed E-state index contributed by atoms with van der Waals surface area (Å²) in [6, 6.07) is 20.9. The second-order valence-electron chi connectivity index (χ2n) is 7.23. The normalized spacial score (nSPS) is 16.4. The zero-order valence-electron chi connectivity index (χ0n) is 16.1. The highest BCUT2D eigenvalue weighted by atomic mass is 35.5. The van der Waals surface area contributed by atoms with Crippen molar-refractivity contribution in [2.75, 3.05) is 26.2 Å². The minimum Gasteiger partial charge on any atom is -0.290 e. The molecule has 2 aromatic carbocycles. The molecule has 1 fully saturated rings. The first-order valence-corrected chi connectivity index (χ1v) is 11.1. The number of carbonyl (C=O) groups excluding carboxylic acids is 1. The summed E-state index contributed by atoms with van der Waals surface area (Å²) in [5, 5.41) is 6.81. The zero-order chi connectivity index (χ0) is 20.1. The molecule has 0 spiro atoms. The summed E-state index contributed by atoms with van der Waals surface area (Å²) in [6.45, 7) is 3.35. The number of thiophene rings is 1. The van der Waals surface area contributed by atoms with Crippen molar-refractivity contribution < 1.29 is 4.79 Å². The van der Waals surface area contributed by atoms with E-state index in [9.17, 15) is 4.79 Å². The van der Waals surface area contributed by atoms with E-state index in [4.69, 9.17) is 11.6 Å². The highest BCUT2D eigenvalue weighted by Gasteiger charge is 2.27. The standard InChI is InChI=1S/C23H24ClN3OS/c24-21-8-6-20(7-9-21)23(19-4-2-1-3-5-19)26-11-13-27(14-12-26)25-22(28)16-18-10-15-29-17-18/h1-10,15,17,23H,11-14,16H2,(H,25,28). The first kappa shape index (κ1) is 20.1. The first-order valence-electron chi connectivity index (χ1n) is 9.79. The molecule has 1 saturated heterocycles. The zero-order valence-corrected chi connectivity index (χ0v) is 17.7. The highest BCUT2D eigenvalue weighted by molar-refractivity contribution is 7.08. The van der Waals surface area contributed by atoms with Crippen LogP contribution < -0.4 is 5.43 Å². The molecule has 1 unspecified atom stereocenters. The van der Waals surface area contributed by atoms with Crippen LogP contribution in [0.2, 0.25) is 5.02 Å². The second kappa shape index (κ2) is 9.55. The summed E-state index contributed by atoms with van der Waals surface area (Å²) < 4.78 is 0. The van der Waals surface area contributed by atoms with Crippen molar-refractivity contribution in [3.8, 4) is 0 Å². The van der Waals surface area contributed by atoms with Gasteiger partial charge in [-0.05, 0) is 45.6 Å². The lowest BCUT2D eigenvalue weighted by molar-refractivity contribution is -0.126. The van der Waals surface area contributed by atoms with Crippen LogP contribution in [-0.4, -0.2) is 42.0 Å². The molecule has 6 heteroatoms. The van der Waals surface area contributed by atoms with E-state index < -0.39 is 0 Å². The first-order chi connectivity index (χ1) is 14.2. The molecule has 150 valence electrons. The number of halogens is 1. The van der Waals surface area contributed by atoms with E-state index in [1.165, 1.54) is 11.1 Å². The van der Waals surface area contributed by atoms with Gasteiger partial charge in [-0.2, -0.15) is 11.3 Å². The molecular weight excluding hydrogens is 402 g/mol. The number of amides is 1. The van der Waals surface area contributed by atoms with Crippen molar-refractivity contribution in [3.63, 3.8) is 0 Å². The number of carbonyl (C=O) groups is 1. The van der Waals surface area contributed by atoms with Gasteiger partial charge < -0.3 is 0 Å². The van der Waals surface area contributed by atoms with Gasteiger partial charge in [0.05, 0.1) is 12.5 Å². The van der Waals surface area contributed by atoms with Gasteiger partial charge in [0.1, 0.15) is 0 Å². The fourth-order valence-corrected chi connectivity index (χ4v) is 4.58. The topological polar surface area (TPSA) is 35.6 Å². The molecule has 1 amide bonds. The molecule has 1 aliphatic rings. The summed E-state index contributed by atoms with van der Waals surface area (Å²) in [6.07, 6.45) is 0.432. The lowest BCUT2D eigenvalue weighted by atomic mass is 9.96. The minimum atomic E-state index is 0.0501. The smallest absolute Gasteiger partial charge is 0.238 e. The SMILES string of the molecule is O=C(Cc1ccsc1)NN1CCN(C(c2ccccc2)c2ccc(Cl)cc2)CC1. The van der Waals surface area contributed by atoms with E-state index in [0.717, 1.165) is 36.8 Å². The number of nitrogens with zero attached hydrogens (tertiary/aromatic N) is 2. The number of piperazine rings is 1. The summed E-state index contributed by atoms with van der Waals surface area (Å²) in [5.41, 5.74) is 6.63. The van der Waals surface area contributed by atoms with Gasteiger partial charge >= 0.3 is 0 Å². The molecule has 0 radical (unpaired) electrons. The largest absolute Gasteiger partial charge is 0.290 e. The molecule has 0 bridgehead atoms. The van der Waals surface area contributed by atoms with E-state index in [1.54, 1.807) is 11.3 Å². The lowest BCUT2D eigenvalue weighted by Gasteiger charge is -2.39. The number of benzene rings is 2. The lowest BCUT2D eigenvalue weighted by Crippen LogP contribution is -2.54. The second-order valence-corrected chi connectivity index (χ2v) is 8.45. The number of hydrogen-bond donors (Lipinski definition) is 1. The van der Waals surface area contributed by atoms with E-state index >= 15 is 0 Å². The van der Waals surface area contributed by atoms with Crippen molar-refractivity contribution in [3.05, 3.63) is 93.1 Å². The quantitative estimate of drug-likeness (QED) is 0.636. The molecule has 1 aromatic heterocycles. The predicted molar refractivity (Wildman–Crippen MR) is 119 cm³/mol. The van der Waals surface area contributed by atoms with Gasteiger partial charge in [-0.3, -0.25) is 15.1 Å². The van der Waals surface area contributed by atoms with E-state index in [0.29, 0.717) is 6.42 Å². The third kappa shape index (κ3) is 5.25. The summed E-state index contributed by atoms with van der Waals surface area (Å²) in [7, 11) is 0. The van der Waals surface area contributed by atoms with Crippen LogP contribution in [0.15, 0.2) is 71.4 Å². The molecule has 1 aliphatic heterocycles. The Morgan fingerprint density at radius 2 is 1.66 bits per heavy atom. The van der Waals surface area contributed by atoms with Crippen LogP contribution in [0.3, 0.4) is 0 Å². The third-order valence-corrected chi connectivity index (χ3v) is 6.19. The third-order valence-electron chi connectivity index (χ3n) is 5.21. The number of hydrazine groups is 1. The molecule has 29 heavy (non-hydrogen) atoms. The van der Waals surface area contributed by atoms with Crippen molar-refractivity contribution in [2.24, 2.45) is 0 Å². The number of nitrogens with one attached hydrogen (secondary N) is 1. The van der Waals surface area contributed by atoms with E-state index in [1.807, 2.05) is 40.0 Å². The van der Waals surface area contributed by atoms with Crippen molar-refractivity contribution >= 4 is 28.8 Å². The molecule has 0 aliphatic carbocycles. The van der Waals surface area contributed by atoms with Gasteiger partial charge in [-0.25, -0.2) is 5.01 Å². The van der Waals surface area contributed by atoms with Gasteiger partial charge in [0, 0.05) is 31.2 Å². The van der Waals surface area contributed by atoms with Gasteiger partial charge in [0.2, 0.25) is 5.91 Å². The number of rotatable bonds is 6. The molecule has 2 heterocycles. The molecule has 0 saturated carbocycles. The summed E-state index contributed by atoms with van der Waals surface area (Å²) in [4.78, 5) is 14.8. The predicted octanol–water partition coefficient (Wildman–Crippen LogP) is 4.38. The molecule has 1 N–H and O–H groups in total. The van der Waals surface area contributed by atoms with Crippen LogP contribution in [0.1, 0.15) is 22.7 Å². The number of hydrogen-bond acceptors (Lipinski definition) is 4. The van der Waals surface area contributed by atoms with Crippen LogP contribution in [0.4, 0.5) is 0 Å². The monoisotopic (exact) mass is 425 g/mol. The maximum absolute atomic E-state index is 12.3. The maximum atomic E-state index is 12.3. The minimum absolute atomic E-state index is 0.0501. The molecular formula is C23H24ClN3OS.